The summed E-state index contributed by atoms with van der Waals surface area (Å²) in [5, 5.41) is 0. The number of benzene rings is 2. The van der Waals surface area contributed by atoms with Crippen LogP contribution in [0.2, 0.25) is 0 Å². The molecule has 5 rings (SSSR count). The van der Waals surface area contributed by atoms with Crippen molar-refractivity contribution >= 4 is 0 Å². The highest BCUT2D eigenvalue weighted by Crippen LogP contribution is 2.35. The fourth-order valence-electron chi connectivity index (χ4n) is 3.85. The summed E-state index contributed by atoms with van der Waals surface area (Å²) in [5.41, 5.74) is 2.51. The Bertz CT molecular complexity index is 550. The maximum absolute atomic E-state index is 6.66. The van der Waals surface area contributed by atoms with Crippen LogP contribution in [0.25, 0.3) is 0 Å². The van der Waals surface area contributed by atoms with Crippen LogP contribution in [-0.4, -0.2) is 30.6 Å². The summed E-state index contributed by atoms with van der Waals surface area (Å²) < 4.78 is 6.66. The molecule has 3 aliphatic rings. The van der Waals surface area contributed by atoms with Gasteiger partial charge in [0.05, 0.1) is 6.10 Å². The smallest absolute Gasteiger partial charge is 0.108 e. The molecule has 1 atom stereocenters. The van der Waals surface area contributed by atoms with E-state index in [9.17, 15) is 0 Å². The third-order valence-corrected chi connectivity index (χ3v) is 5.11. The molecule has 3 fully saturated rings. The Labute approximate surface area is 132 Å². The molecule has 3 saturated heterocycles. The van der Waals surface area contributed by atoms with Crippen LogP contribution in [0.15, 0.2) is 60.7 Å². The second-order valence-corrected chi connectivity index (χ2v) is 6.51. The lowest BCUT2D eigenvalue weighted by atomic mass is 9.85. The highest BCUT2D eigenvalue weighted by molar-refractivity contribution is 5.30. The van der Waals surface area contributed by atoms with E-state index in [1.807, 2.05) is 0 Å². The van der Waals surface area contributed by atoms with E-state index in [0.29, 0.717) is 6.10 Å². The molecule has 0 spiro atoms. The number of ether oxygens (including phenoxy) is 1. The predicted molar refractivity (Wildman–Crippen MR) is 88.8 cm³/mol. The van der Waals surface area contributed by atoms with Crippen molar-refractivity contribution in [2.24, 2.45) is 5.92 Å². The van der Waals surface area contributed by atoms with Crippen molar-refractivity contribution in [3.8, 4) is 0 Å². The first kappa shape index (κ1) is 14.0. The van der Waals surface area contributed by atoms with Gasteiger partial charge in [-0.3, -0.25) is 0 Å². The maximum atomic E-state index is 6.66. The minimum Gasteiger partial charge on any atom is -0.364 e. The van der Waals surface area contributed by atoms with Gasteiger partial charge in [-0.15, -0.1) is 0 Å². The zero-order valence-corrected chi connectivity index (χ0v) is 12.9. The van der Waals surface area contributed by atoms with Gasteiger partial charge in [0.15, 0.2) is 0 Å². The van der Waals surface area contributed by atoms with Gasteiger partial charge in [0.2, 0.25) is 0 Å². The summed E-state index contributed by atoms with van der Waals surface area (Å²) in [6, 6.07) is 21.3. The second kappa shape index (κ2) is 6.23. The van der Waals surface area contributed by atoms with Crippen LogP contribution in [0.1, 0.15) is 30.1 Å². The SMILES string of the molecule is c1ccc(C(O[C@H]2CN3CCC2CC3)c2ccccc2)cc1. The third-order valence-electron chi connectivity index (χ3n) is 5.11. The lowest BCUT2D eigenvalue weighted by molar-refractivity contribution is -0.0927. The van der Waals surface area contributed by atoms with Gasteiger partial charge in [0, 0.05) is 6.54 Å². The molecule has 2 aromatic carbocycles. The first-order valence-electron chi connectivity index (χ1n) is 8.38. The second-order valence-electron chi connectivity index (χ2n) is 6.51. The Hall–Kier alpha value is -1.64. The van der Waals surface area contributed by atoms with Crippen molar-refractivity contribution in [1.82, 2.24) is 4.90 Å². The molecule has 114 valence electrons. The van der Waals surface area contributed by atoms with Crippen LogP contribution in [0.4, 0.5) is 0 Å². The number of nitrogens with zero attached hydrogens (tertiary/aromatic N) is 1. The fraction of sp³-hybridized carbons (Fsp3) is 0.400. The number of rotatable bonds is 4. The van der Waals surface area contributed by atoms with Gasteiger partial charge in [-0.2, -0.15) is 0 Å². The van der Waals surface area contributed by atoms with Crippen LogP contribution in [0.3, 0.4) is 0 Å². The van der Waals surface area contributed by atoms with E-state index < -0.39 is 0 Å². The average molecular weight is 293 g/mol. The molecule has 2 nitrogen and oxygen atoms in total. The molecule has 0 radical (unpaired) electrons. The number of piperidine rings is 3. The molecule has 3 heterocycles. The van der Waals surface area contributed by atoms with Crippen LogP contribution in [0, 0.1) is 5.92 Å². The van der Waals surface area contributed by atoms with Gasteiger partial charge in [-0.05, 0) is 43.0 Å². The lowest BCUT2D eigenvalue weighted by Crippen LogP contribution is -2.51. The normalized spacial score (nSPS) is 27.2. The molecule has 0 saturated carbocycles. The Balaban J connectivity index is 1.61. The van der Waals surface area contributed by atoms with Crippen molar-refractivity contribution < 1.29 is 4.74 Å². The molecule has 0 N–H and O–H groups in total. The Morgan fingerprint density at radius 2 is 1.36 bits per heavy atom. The molecule has 0 aliphatic carbocycles. The first-order chi connectivity index (χ1) is 10.9. The summed E-state index contributed by atoms with van der Waals surface area (Å²) in [6.07, 6.45) is 3.00. The van der Waals surface area contributed by atoms with E-state index in [-0.39, 0.29) is 6.10 Å². The zero-order valence-electron chi connectivity index (χ0n) is 12.9. The fourth-order valence-corrected chi connectivity index (χ4v) is 3.85. The van der Waals surface area contributed by atoms with E-state index in [1.165, 1.54) is 37.1 Å². The number of fused-ring (bicyclic) bond motifs is 3. The number of hydrogen-bond donors (Lipinski definition) is 0. The van der Waals surface area contributed by atoms with Gasteiger partial charge < -0.3 is 9.64 Å². The van der Waals surface area contributed by atoms with Gasteiger partial charge in [0.1, 0.15) is 6.10 Å². The van der Waals surface area contributed by atoms with Crippen LogP contribution < -0.4 is 0 Å². The molecular weight excluding hydrogens is 270 g/mol. The Kier molecular flexibility index (Phi) is 3.96. The van der Waals surface area contributed by atoms with E-state index >= 15 is 0 Å². The monoisotopic (exact) mass is 293 g/mol. The van der Waals surface area contributed by atoms with Crippen molar-refractivity contribution in [2.75, 3.05) is 19.6 Å². The molecule has 0 aromatic heterocycles. The van der Waals surface area contributed by atoms with Crippen molar-refractivity contribution in [1.29, 1.82) is 0 Å². The molecule has 0 amide bonds. The predicted octanol–water partition coefficient (Wildman–Crippen LogP) is 3.89. The molecule has 3 aliphatic heterocycles. The highest BCUT2D eigenvalue weighted by atomic mass is 16.5. The van der Waals surface area contributed by atoms with E-state index in [1.54, 1.807) is 0 Å². The molecule has 2 heteroatoms. The van der Waals surface area contributed by atoms with E-state index in [2.05, 4.69) is 65.6 Å². The summed E-state index contributed by atoms with van der Waals surface area (Å²) >= 11 is 0. The third kappa shape index (κ3) is 2.81. The van der Waals surface area contributed by atoms with Crippen LogP contribution in [0.5, 0.6) is 0 Å². The number of hydrogen-bond acceptors (Lipinski definition) is 2. The summed E-state index contributed by atoms with van der Waals surface area (Å²) in [5.74, 6) is 0.736. The van der Waals surface area contributed by atoms with E-state index in [0.717, 1.165) is 12.5 Å². The van der Waals surface area contributed by atoms with E-state index in [4.69, 9.17) is 4.74 Å². The molecule has 2 bridgehead atoms. The summed E-state index contributed by atoms with van der Waals surface area (Å²) in [4.78, 5) is 2.55. The minimum atomic E-state index is 0.0490. The summed E-state index contributed by atoms with van der Waals surface area (Å²) in [7, 11) is 0. The molecular formula is C20H23NO. The van der Waals surface area contributed by atoms with Gasteiger partial charge in [-0.1, -0.05) is 60.7 Å². The quantitative estimate of drug-likeness (QED) is 0.848. The van der Waals surface area contributed by atoms with Gasteiger partial charge in [0.25, 0.3) is 0 Å². The van der Waals surface area contributed by atoms with Gasteiger partial charge >= 0.3 is 0 Å². The van der Waals surface area contributed by atoms with Crippen molar-refractivity contribution in [3.63, 3.8) is 0 Å². The zero-order chi connectivity index (χ0) is 14.8. The van der Waals surface area contributed by atoms with Crippen molar-refractivity contribution in [3.05, 3.63) is 71.8 Å². The Morgan fingerprint density at radius 3 is 1.82 bits per heavy atom. The largest absolute Gasteiger partial charge is 0.364 e. The molecule has 2 aromatic rings. The minimum absolute atomic E-state index is 0.0490. The van der Waals surface area contributed by atoms with Crippen LogP contribution >= 0.6 is 0 Å². The van der Waals surface area contributed by atoms with Crippen molar-refractivity contribution in [2.45, 2.75) is 25.0 Å². The standard InChI is InChI=1S/C20H23NO/c1-3-7-17(8-4-1)20(18-9-5-2-6-10-18)22-19-15-21-13-11-16(19)12-14-21/h1-10,16,19-20H,11-15H2/t19-/m0/s1. The lowest BCUT2D eigenvalue weighted by Gasteiger charge is -2.45. The molecule has 22 heavy (non-hydrogen) atoms. The first-order valence-corrected chi connectivity index (χ1v) is 8.38. The van der Waals surface area contributed by atoms with Crippen LogP contribution in [-0.2, 0) is 4.74 Å². The van der Waals surface area contributed by atoms with Gasteiger partial charge in [-0.25, -0.2) is 0 Å². The average Bonchev–Trinajstić information content (AvgIpc) is 2.62. The Morgan fingerprint density at radius 1 is 0.818 bits per heavy atom. The highest BCUT2D eigenvalue weighted by Gasteiger charge is 2.36. The topological polar surface area (TPSA) is 12.5 Å². The molecule has 0 unspecified atom stereocenters. The maximum Gasteiger partial charge on any atom is 0.108 e. The summed E-state index contributed by atoms with van der Waals surface area (Å²) in [6.45, 7) is 3.61.